The molecular formula is C22H31N5O8. The molecule has 1 rings (SSSR count). The van der Waals surface area contributed by atoms with Gasteiger partial charge in [0.15, 0.2) is 0 Å². The van der Waals surface area contributed by atoms with Crippen molar-refractivity contribution >= 4 is 35.6 Å². The zero-order chi connectivity index (χ0) is 26.5. The Kier molecular flexibility index (Phi) is 11.9. The number of nitrogens with two attached hydrogens (primary N) is 2. The summed E-state index contributed by atoms with van der Waals surface area (Å²) in [5.41, 5.74) is 11.3. The Labute approximate surface area is 201 Å². The summed E-state index contributed by atoms with van der Waals surface area (Å²) in [4.78, 5) is 70.9. The van der Waals surface area contributed by atoms with Gasteiger partial charge in [-0.15, -0.1) is 0 Å². The van der Waals surface area contributed by atoms with Gasteiger partial charge in [-0.05, 0) is 25.3 Å². The molecule has 0 saturated carbocycles. The van der Waals surface area contributed by atoms with Crippen molar-refractivity contribution in [3.05, 3.63) is 35.9 Å². The standard InChI is InChI=1S/C22H31N5O8/c1-12(25-20(32)14(23)7-9-17(24)28)19(31)26-15(8-10-18(29)30)21(33)27-16(22(34)35)11-13-5-3-2-4-6-13/h2-6,12,14-16H,7-11,23H2,1H3,(H2,24,28)(H,25,32)(H,26,31)(H,27,33)(H,29,30)(H,34,35). The maximum Gasteiger partial charge on any atom is 0.326 e. The van der Waals surface area contributed by atoms with Crippen molar-refractivity contribution in [2.24, 2.45) is 11.5 Å². The molecular weight excluding hydrogens is 462 g/mol. The lowest BCUT2D eigenvalue weighted by atomic mass is 10.0. The van der Waals surface area contributed by atoms with Crippen molar-refractivity contribution in [2.45, 2.75) is 63.2 Å². The Morgan fingerprint density at radius 2 is 1.43 bits per heavy atom. The Balaban J connectivity index is 2.83. The molecule has 0 aromatic heterocycles. The number of carboxylic acids is 2. The van der Waals surface area contributed by atoms with E-state index in [1.165, 1.54) is 6.92 Å². The first-order chi connectivity index (χ1) is 16.4. The van der Waals surface area contributed by atoms with Gasteiger partial charge in [-0.2, -0.15) is 0 Å². The Bertz CT molecular complexity index is 924. The summed E-state index contributed by atoms with van der Waals surface area (Å²) in [6.45, 7) is 1.32. The highest BCUT2D eigenvalue weighted by atomic mass is 16.4. The lowest BCUT2D eigenvalue weighted by Crippen LogP contribution is -2.56. The van der Waals surface area contributed by atoms with E-state index in [0.29, 0.717) is 5.56 Å². The maximum atomic E-state index is 12.8. The molecule has 0 fully saturated rings. The van der Waals surface area contributed by atoms with Crippen LogP contribution in [0.1, 0.15) is 38.2 Å². The first kappa shape index (κ1) is 29.0. The molecule has 4 amide bonds. The monoisotopic (exact) mass is 493 g/mol. The number of carboxylic acid groups (broad SMARTS) is 2. The highest BCUT2D eigenvalue weighted by Crippen LogP contribution is 2.06. The molecule has 4 unspecified atom stereocenters. The Morgan fingerprint density at radius 1 is 0.829 bits per heavy atom. The predicted molar refractivity (Wildman–Crippen MR) is 123 cm³/mol. The van der Waals surface area contributed by atoms with Crippen molar-refractivity contribution in [2.75, 3.05) is 0 Å². The van der Waals surface area contributed by atoms with Gasteiger partial charge in [0.2, 0.25) is 23.6 Å². The fourth-order valence-corrected chi connectivity index (χ4v) is 2.97. The van der Waals surface area contributed by atoms with Crippen LogP contribution in [-0.2, 0) is 35.2 Å². The summed E-state index contributed by atoms with van der Waals surface area (Å²) < 4.78 is 0. The summed E-state index contributed by atoms with van der Waals surface area (Å²) in [5.74, 6) is -5.61. The van der Waals surface area contributed by atoms with Crippen LogP contribution in [0, 0.1) is 0 Å². The van der Waals surface area contributed by atoms with Crippen molar-refractivity contribution in [1.29, 1.82) is 0 Å². The second-order valence-electron chi connectivity index (χ2n) is 7.92. The van der Waals surface area contributed by atoms with Crippen molar-refractivity contribution in [3.63, 3.8) is 0 Å². The average Bonchev–Trinajstić information content (AvgIpc) is 2.79. The SMILES string of the molecule is CC(NC(=O)C(N)CCC(N)=O)C(=O)NC(CCC(=O)O)C(=O)NC(Cc1ccccc1)C(=O)O. The van der Waals surface area contributed by atoms with Crippen LogP contribution in [0.3, 0.4) is 0 Å². The van der Waals surface area contributed by atoms with Crippen LogP contribution in [0.4, 0.5) is 0 Å². The lowest BCUT2D eigenvalue weighted by molar-refractivity contribution is -0.143. The first-order valence-corrected chi connectivity index (χ1v) is 10.8. The third-order valence-corrected chi connectivity index (χ3v) is 4.97. The van der Waals surface area contributed by atoms with E-state index < -0.39 is 66.2 Å². The van der Waals surface area contributed by atoms with Crippen LogP contribution >= 0.6 is 0 Å². The van der Waals surface area contributed by atoms with Crippen LogP contribution < -0.4 is 27.4 Å². The molecule has 0 bridgehead atoms. The molecule has 13 heteroatoms. The van der Waals surface area contributed by atoms with Gasteiger partial charge in [0.25, 0.3) is 0 Å². The summed E-state index contributed by atoms with van der Waals surface area (Å²) in [7, 11) is 0. The summed E-state index contributed by atoms with van der Waals surface area (Å²) in [6, 6.07) is 3.57. The van der Waals surface area contributed by atoms with Gasteiger partial charge >= 0.3 is 11.9 Å². The molecule has 192 valence electrons. The molecule has 35 heavy (non-hydrogen) atoms. The number of amides is 4. The van der Waals surface area contributed by atoms with E-state index in [1.54, 1.807) is 30.3 Å². The minimum atomic E-state index is -1.38. The van der Waals surface area contributed by atoms with E-state index in [2.05, 4.69) is 16.0 Å². The number of hydrogen-bond acceptors (Lipinski definition) is 7. The molecule has 0 spiro atoms. The van der Waals surface area contributed by atoms with Crippen LogP contribution in [0.5, 0.6) is 0 Å². The normalized spacial score (nSPS) is 14.0. The van der Waals surface area contributed by atoms with Gasteiger partial charge in [0, 0.05) is 19.3 Å². The zero-order valence-electron chi connectivity index (χ0n) is 19.2. The van der Waals surface area contributed by atoms with Crippen LogP contribution in [0.15, 0.2) is 30.3 Å². The number of primary amides is 1. The minimum Gasteiger partial charge on any atom is -0.481 e. The van der Waals surface area contributed by atoms with E-state index in [4.69, 9.17) is 16.6 Å². The Morgan fingerprint density at radius 3 is 1.97 bits per heavy atom. The second kappa shape index (κ2) is 14.3. The van der Waals surface area contributed by atoms with Crippen molar-refractivity contribution < 1.29 is 39.0 Å². The number of benzene rings is 1. The van der Waals surface area contributed by atoms with Crippen molar-refractivity contribution in [3.8, 4) is 0 Å². The topological polar surface area (TPSA) is 231 Å². The minimum absolute atomic E-state index is 0.0306. The Hall–Kier alpha value is -4.00. The molecule has 4 atom stereocenters. The lowest BCUT2D eigenvalue weighted by Gasteiger charge is -2.23. The fraction of sp³-hybridized carbons (Fsp3) is 0.455. The number of aliphatic carboxylic acids is 2. The van der Waals surface area contributed by atoms with Gasteiger partial charge in [-0.25, -0.2) is 4.79 Å². The summed E-state index contributed by atoms with van der Waals surface area (Å²) in [6.07, 6.45) is -0.981. The smallest absolute Gasteiger partial charge is 0.326 e. The second-order valence-corrected chi connectivity index (χ2v) is 7.92. The molecule has 0 aliphatic rings. The molecule has 0 aliphatic carbocycles. The third-order valence-electron chi connectivity index (χ3n) is 4.97. The number of rotatable bonds is 15. The van der Waals surface area contributed by atoms with E-state index in [9.17, 15) is 33.9 Å². The fourth-order valence-electron chi connectivity index (χ4n) is 2.97. The average molecular weight is 494 g/mol. The van der Waals surface area contributed by atoms with E-state index in [1.807, 2.05) is 0 Å². The number of nitrogens with one attached hydrogen (secondary N) is 3. The van der Waals surface area contributed by atoms with Gasteiger partial charge in [0.1, 0.15) is 18.1 Å². The van der Waals surface area contributed by atoms with Crippen LogP contribution in [0.2, 0.25) is 0 Å². The van der Waals surface area contributed by atoms with Crippen LogP contribution in [0.25, 0.3) is 0 Å². The quantitative estimate of drug-likeness (QED) is 0.146. The summed E-state index contributed by atoms with van der Waals surface area (Å²) in [5, 5.41) is 25.5. The first-order valence-electron chi connectivity index (χ1n) is 10.8. The van der Waals surface area contributed by atoms with Crippen LogP contribution in [-0.4, -0.2) is 69.9 Å². The van der Waals surface area contributed by atoms with Gasteiger partial charge in [0.05, 0.1) is 6.04 Å². The molecule has 0 aliphatic heterocycles. The highest BCUT2D eigenvalue weighted by molar-refractivity contribution is 5.94. The molecule has 1 aromatic carbocycles. The van der Waals surface area contributed by atoms with E-state index in [-0.39, 0.29) is 25.7 Å². The third kappa shape index (κ3) is 11.1. The number of carbonyl (C=O) groups excluding carboxylic acids is 4. The van der Waals surface area contributed by atoms with Gasteiger partial charge < -0.3 is 37.6 Å². The van der Waals surface area contributed by atoms with Crippen molar-refractivity contribution in [1.82, 2.24) is 16.0 Å². The van der Waals surface area contributed by atoms with Gasteiger partial charge in [-0.1, -0.05) is 30.3 Å². The highest BCUT2D eigenvalue weighted by Gasteiger charge is 2.29. The largest absolute Gasteiger partial charge is 0.481 e. The molecule has 13 nitrogen and oxygen atoms in total. The number of hydrogen-bond donors (Lipinski definition) is 7. The van der Waals surface area contributed by atoms with Gasteiger partial charge in [-0.3, -0.25) is 24.0 Å². The van der Waals surface area contributed by atoms with E-state index >= 15 is 0 Å². The molecule has 0 heterocycles. The zero-order valence-corrected chi connectivity index (χ0v) is 19.2. The maximum absolute atomic E-state index is 12.8. The predicted octanol–water partition coefficient (Wildman–Crippen LogP) is -1.75. The number of carbonyl (C=O) groups is 6. The molecule has 0 radical (unpaired) electrons. The van der Waals surface area contributed by atoms with E-state index in [0.717, 1.165) is 0 Å². The molecule has 1 aromatic rings. The molecule has 9 N–H and O–H groups in total. The molecule has 0 saturated heterocycles. The summed E-state index contributed by atoms with van der Waals surface area (Å²) >= 11 is 0.